The highest BCUT2D eigenvalue weighted by atomic mass is 16.2. The molecule has 7 nitrogen and oxygen atoms in total. The molecule has 162 valence electrons. The fourth-order valence-electron chi connectivity index (χ4n) is 3.86. The number of amides is 2. The zero-order chi connectivity index (χ0) is 21.7. The molecule has 1 aliphatic rings. The van der Waals surface area contributed by atoms with Crippen molar-refractivity contribution in [2.75, 3.05) is 29.9 Å². The predicted octanol–water partition coefficient (Wildman–Crippen LogP) is 3.52. The molecule has 0 bridgehead atoms. The third-order valence-corrected chi connectivity index (χ3v) is 5.52. The average molecular weight is 412 g/mol. The van der Waals surface area contributed by atoms with E-state index in [0.717, 1.165) is 61.8 Å². The molecule has 0 spiro atoms. The van der Waals surface area contributed by atoms with Gasteiger partial charge in [-0.25, -0.2) is 4.68 Å². The Labute approximate surface area is 178 Å². The van der Waals surface area contributed by atoms with Crippen LogP contribution in [-0.4, -0.2) is 41.2 Å². The summed E-state index contributed by atoms with van der Waals surface area (Å²) < 4.78 is 1.89. The number of hydrogen-bond acceptors (Lipinski definition) is 4. The van der Waals surface area contributed by atoms with Crippen molar-refractivity contribution in [3.63, 3.8) is 0 Å². The third kappa shape index (κ3) is 5.20. The second kappa shape index (κ2) is 9.78. The fraction of sp³-hybridized carbons (Fsp3) is 0.522. The molecule has 0 unspecified atom stereocenters. The molecule has 0 saturated carbocycles. The van der Waals surface area contributed by atoms with Gasteiger partial charge in [-0.15, -0.1) is 0 Å². The highest BCUT2D eigenvalue weighted by Crippen LogP contribution is 2.34. The first-order chi connectivity index (χ1) is 14.4. The van der Waals surface area contributed by atoms with Crippen molar-refractivity contribution >= 4 is 23.3 Å². The number of para-hydroxylation sites is 1. The number of aryl methyl sites for hydroxylation is 1. The van der Waals surface area contributed by atoms with Crippen molar-refractivity contribution in [2.45, 2.75) is 47.0 Å². The van der Waals surface area contributed by atoms with Crippen LogP contribution in [-0.2, 0) is 9.59 Å². The SMILES string of the molecule is CC(=O)Nc1c(C)nn(-c2ccccc2)c1N1CCC(C(=O)NCCC(C)C)CC1. The number of hydrogen-bond donors (Lipinski definition) is 2. The van der Waals surface area contributed by atoms with Gasteiger partial charge in [0.05, 0.1) is 11.4 Å². The van der Waals surface area contributed by atoms with Crippen molar-refractivity contribution in [1.82, 2.24) is 15.1 Å². The maximum atomic E-state index is 12.5. The van der Waals surface area contributed by atoms with Gasteiger partial charge in [-0.05, 0) is 44.2 Å². The highest BCUT2D eigenvalue weighted by molar-refractivity contribution is 5.93. The molecule has 2 N–H and O–H groups in total. The summed E-state index contributed by atoms with van der Waals surface area (Å²) in [7, 11) is 0. The fourth-order valence-corrected chi connectivity index (χ4v) is 3.86. The van der Waals surface area contributed by atoms with E-state index in [-0.39, 0.29) is 17.7 Å². The third-order valence-electron chi connectivity index (χ3n) is 5.52. The van der Waals surface area contributed by atoms with Gasteiger partial charge in [0.25, 0.3) is 0 Å². The first kappa shape index (κ1) is 21.9. The van der Waals surface area contributed by atoms with Gasteiger partial charge in [-0.2, -0.15) is 5.10 Å². The molecule has 2 aromatic rings. The Morgan fingerprint density at radius 2 is 1.83 bits per heavy atom. The monoisotopic (exact) mass is 411 g/mol. The first-order valence-corrected chi connectivity index (χ1v) is 10.8. The van der Waals surface area contributed by atoms with E-state index >= 15 is 0 Å². The molecule has 2 amide bonds. The lowest BCUT2D eigenvalue weighted by molar-refractivity contribution is -0.125. The number of anilines is 2. The van der Waals surface area contributed by atoms with E-state index in [1.165, 1.54) is 6.92 Å². The summed E-state index contributed by atoms with van der Waals surface area (Å²) in [6.07, 6.45) is 2.57. The highest BCUT2D eigenvalue weighted by Gasteiger charge is 2.29. The van der Waals surface area contributed by atoms with Gasteiger partial charge in [-0.3, -0.25) is 9.59 Å². The lowest BCUT2D eigenvalue weighted by Crippen LogP contribution is -2.41. The van der Waals surface area contributed by atoms with Crippen molar-refractivity contribution in [2.24, 2.45) is 11.8 Å². The molecule has 0 atom stereocenters. The van der Waals surface area contributed by atoms with E-state index < -0.39 is 0 Å². The van der Waals surface area contributed by atoms with E-state index in [2.05, 4.69) is 29.4 Å². The minimum atomic E-state index is -0.119. The molecule has 0 aliphatic carbocycles. The summed E-state index contributed by atoms with van der Waals surface area (Å²) >= 11 is 0. The number of nitrogens with one attached hydrogen (secondary N) is 2. The van der Waals surface area contributed by atoms with E-state index in [0.29, 0.717) is 5.92 Å². The number of benzene rings is 1. The number of piperidine rings is 1. The molecule has 2 heterocycles. The second-order valence-corrected chi connectivity index (χ2v) is 8.45. The van der Waals surface area contributed by atoms with Gasteiger partial charge in [0.2, 0.25) is 11.8 Å². The van der Waals surface area contributed by atoms with Crippen LogP contribution in [0, 0.1) is 18.8 Å². The maximum Gasteiger partial charge on any atom is 0.223 e. The van der Waals surface area contributed by atoms with Crippen LogP contribution in [0.25, 0.3) is 5.69 Å². The molecule has 3 rings (SSSR count). The van der Waals surface area contributed by atoms with Crippen LogP contribution < -0.4 is 15.5 Å². The number of nitrogens with zero attached hydrogens (tertiary/aromatic N) is 3. The summed E-state index contributed by atoms with van der Waals surface area (Å²) in [6, 6.07) is 9.92. The lowest BCUT2D eigenvalue weighted by Gasteiger charge is -2.33. The first-order valence-electron chi connectivity index (χ1n) is 10.8. The second-order valence-electron chi connectivity index (χ2n) is 8.45. The van der Waals surface area contributed by atoms with Crippen LogP contribution in [0.15, 0.2) is 30.3 Å². The van der Waals surface area contributed by atoms with Gasteiger partial charge >= 0.3 is 0 Å². The molecule has 1 aromatic carbocycles. The molecule has 7 heteroatoms. The van der Waals surface area contributed by atoms with E-state index in [4.69, 9.17) is 5.10 Å². The van der Waals surface area contributed by atoms with Crippen LogP contribution in [0.5, 0.6) is 0 Å². The quantitative estimate of drug-likeness (QED) is 0.731. The van der Waals surface area contributed by atoms with Gasteiger partial charge in [0, 0.05) is 32.5 Å². The number of rotatable bonds is 7. The molecule has 30 heavy (non-hydrogen) atoms. The molecule has 1 aliphatic heterocycles. The van der Waals surface area contributed by atoms with Crippen LogP contribution in [0.3, 0.4) is 0 Å². The van der Waals surface area contributed by atoms with Crippen LogP contribution >= 0.6 is 0 Å². The zero-order valence-electron chi connectivity index (χ0n) is 18.4. The molecule has 0 radical (unpaired) electrons. The molecular weight excluding hydrogens is 378 g/mol. The zero-order valence-corrected chi connectivity index (χ0v) is 18.4. The van der Waals surface area contributed by atoms with Gasteiger partial charge in [0.1, 0.15) is 5.69 Å². The Kier molecular flexibility index (Phi) is 7.13. The summed E-state index contributed by atoms with van der Waals surface area (Å²) in [5.74, 6) is 1.54. The van der Waals surface area contributed by atoms with E-state index in [9.17, 15) is 9.59 Å². The van der Waals surface area contributed by atoms with Gasteiger partial charge < -0.3 is 15.5 Å². The van der Waals surface area contributed by atoms with Crippen molar-refractivity contribution in [3.8, 4) is 5.69 Å². The number of carbonyl (C=O) groups excluding carboxylic acids is 2. The van der Waals surface area contributed by atoms with Gasteiger partial charge in [-0.1, -0.05) is 32.0 Å². The summed E-state index contributed by atoms with van der Waals surface area (Å²) in [4.78, 5) is 26.6. The van der Waals surface area contributed by atoms with Crippen LogP contribution in [0.1, 0.15) is 45.7 Å². The summed E-state index contributed by atoms with van der Waals surface area (Å²) in [5, 5.41) is 10.7. The van der Waals surface area contributed by atoms with Gasteiger partial charge in [0.15, 0.2) is 5.82 Å². The van der Waals surface area contributed by atoms with Crippen LogP contribution in [0.4, 0.5) is 11.5 Å². The lowest BCUT2D eigenvalue weighted by atomic mass is 9.95. The largest absolute Gasteiger partial charge is 0.356 e. The number of carbonyl (C=O) groups is 2. The predicted molar refractivity (Wildman–Crippen MR) is 120 cm³/mol. The molecule has 1 fully saturated rings. The van der Waals surface area contributed by atoms with Crippen LogP contribution in [0.2, 0.25) is 0 Å². The van der Waals surface area contributed by atoms with Crippen molar-refractivity contribution in [1.29, 1.82) is 0 Å². The Morgan fingerprint density at radius 1 is 1.17 bits per heavy atom. The Morgan fingerprint density at radius 3 is 2.43 bits per heavy atom. The van der Waals surface area contributed by atoms with Crippen molar-refractivity contribution < 1.29 is 9.59 Å². The van der Waals surface area contributed by atoms with E-state index in [1.807, 2.05) is 41.9 Å². The molecule has 1 saturated heterocycles. The maximum absolute atomic E-state index is 12.5. The topological polar surface area (TPSA) is 79.3 Å². The Balaban J connectivity index is 1.77. The smallest absolute Gasteiger partial charge is 0.223 e. The molecular formula is C23H33N5O2. The normalized spacial score (nSPS) is 14.8. The Hall–Kier alpha value is -2.83. The van der Waals surface area contributed by atoms with E-state index in [1.54, 1.807) is 0 Å². The Bertz CT molecular complexity index is 867. The summed E-state index contributed by atoms with van der Waals surface area (Å²) in [5.41, 5.74) is 2.46. The minimum absolute atomic E-state index is 0.0341. The average Bonchev–Trinajstić information content (AvgIpc) is 3.04. The molecule has 1 aromatic heterocycles. The standard InChI is InChI=1S/C23H33N5O2/c1-16(2)10-13-24-22(30)19-11-14-27(15-12-19)23-21(25-18(4)29)17(3)26-28(23)20-8-6-5-7-9-20/h5-9,16,19H,10-15H2,1-4H3,(H,24,30)(H,25,29). The summed E-state index contributed by atoms with van der Waals surface area (Å²) in [6.45, 7) is 9.97. The number of aromatic nitrogens is 2. The van der Waals surface area contributed by atoms with Crippen molar-refractivity contribution in [3.05, 3.63) is 36.0 Å². The minimum Gasteiger partial charge on any atom is -0.356 e.